The van der Waals surface area contributed by atoms with Crippen molar-refractivity contribution in [2.75, 3.05) is 7.11 Å². The molecule has 0 spiro atoms. The molecule has 0 aliphatic carbocycles. The number of methoxy groups -OCH3 is 1. The molecule has 19 heavy (non-hydrogen) atoms. The van der Waals surface area contributed by atoms with Gasteiger partial charge in [-0.25, -0.2) is 9.59 Å². The summed E-state index contributed by atoms with van der Waals surface area (Å²) in [5.74, 6) is -0.710. The molecular formula is C15H16O4. The maximum absolute atomic E-state index is 11.8. The zero-order valence-corrected chi connectivity index (χ0v) is 11.2. The fourth-order valence-electron chi connectivity index (χ4n) is 1.31. The van der Waals surface area contributed by atoms with Gasteiger partial charge in [0.2, 0.25) is 0 Å². The average Bonchev–Trinajstić information content (AvgIpc) is 2.45. The number of hydrogen-bond donors (Lipinski definition) is 0. The van der Waals surface area contributed by atoms with Gasteiger partial charge in [0.25, 0.3) is 0 Å². The van der Waals surface area contributed by atoms with Crippen LogP contribution in [0.1, 0.15) is 19.4 Å². The minimum absolute atomic E-state index is 0.222. The third-order valence-electron chi connectivity index (χ3n) is 2.69. The van der Waals surface area contributed by atoms with E-state index in [1.165, 1.54) is 21.0 Å². The van der Waals surface area contributed by atoms with Crippen molar-refractivity contribution in [2.24, 2.45) is 0 Å². The van der Waals surface area contributed by atoms with Crippen molar-refractivity contribution in [3.63, 3.8) is 0 Å². The lowest BCUT2D eigenvalue weighted by atomic mass is 10.1. The van der Waals surface area contributed by atoms with Crippen LogP contribution < -0.4 is 4.74 Å². The number of benzene rings is 1. The van der Waals surface area contributed by atoms with Crippen molar-refractivity contribution < 1.29 is 19.1 Å². The van der Waals surface area contributed by atoms with Gasteiger partial charge in [0.05, 0.1) is 7.11 Å². The summed E-state index contributed by atoms with van der Waals surface area (Å²) in [6.45, 7) is 6.67. The molecule has 1 aromatic carbocycles. The van der Waals surface area contributed by atoms with E-state index in [9.17, 15) is 9.59 Å². The van der Waals surface area contributed by atoms with Gasteiger partial charge in [-0.15, -0.1) is 0 Å². The van der Waals surface area contributed by atoms with Crippen LogP contribution in [-0.2, 0) is 14.3 Å². The van der Waals surface area contributed by atoms with Gasteiger partial charge in [0, 0.05) is 11.1 Å². The summed E-state index contributed by atoms with van der Waals surface area (Å²) in [4.78, 5) is 23.1. The number of hydrogen-bond acceptors (Lipinski definition) is 4. The summed E-state index contributed by atoms with van der Waals surface area (Å²) >= 11 is 0. The fraction of sp³-hybridized carbons (Fsp3) is 0.200. The van der Waals surface area contributed by atoms with Crippen LogP contribution in [0.25, 0.3) is 6.08 Å². The number of carbonyl (C=O) groups is 2. The Hall–Kier alpha value is -2.36. The Kier molecular flexibility index (Phi) is 5.06. The van der Waals surface area contributed by atoms with Crippen LogP contribution in [0.5, 0.6) is 5.75 Å². The van der Waals surface area contributed by atoms with Crippen LogP contribution >= 0.6 is 0 Å². The highest BCUT2D eigenvalue weighted by atomic mass is 16.5. The normalized spacial score (nSPS) is 11.3. The van der Waals surface area contributed by atoms with E-state index >= 15 is 0 Å². The first kappa shape index (κ1) is 14.7. The molecule has 100 valence electrons. The minimum Gasteiger partial charge on any atom is -0.466 e. The van der Waals surface area contributed by atoms with E-state index in [2.05, 4.69) is 11.3 Å². The smallest absolute Gasteiger partial charge is 0.339 e. The van der Waals surface area contributed by atoms with Crippen molar-refractivity contribution in [1.82, 2.24) is 0 Å². The van der Waals surface area contributed by atoms with Gasteiger partial charge in [0.1, 0.15) is 5.75 Å². The van der Waals surface area contributed by atoms with Crippen molar-refractivity contribution in [1.29, 1.82) is 0 Å². The molecule has 0 N–H and O–H groups in total. The second-order valence-corrected chi connectivity index (χ2v) is 3.90. The lowest BCUT2D eigenvalue weighted by Gasteiger charge is -2.07. The first-order valence-electron chi connectivity index (χ1n) is 5.70. The quantitative estimate of drug-likeness (QED) is 0.474. The molecule has 0 heterocycles. The molecule has 0 bridgehead atoms. The highest BCUT2D eigenvalue weighted by molar-refractivity contribution is 6.00. The Labute approximate surface area is 112 Å². The standard InChI is InChI=1S/C15H16O4/c1-5-12-6-8-13(9-7-12)19-15(17)11(3)10(2)14(16)18-4/h5-9H,1H2,2-4H3/b11-10-. The van der Waals surface area contributed by atoms with Gasteiger partial charge in [-0.05, 0) is 31.5 Å². The van der Waals surface area contributed by atoms with Gasteiger partial charge in [-0.3, -0.25) is 0 Å². The molecule has 0 amide bonds. The Balaban J connectivity index is 2.84. The summed E-state index contributed by atoms with van der Waals surface area (Å²) in [6, 6.07) is 6.88. The van der Waals surface area contributed by atoms with E-state index in [0.29, 0.717) is 5.75 Å². The first-order chi connectivity index (χ1) is 8.99. The molecule has 0 saturated heterocycles. The van der Waals surface area contributed by atoms with Crippen LogP contribution in [0.2, 0.25) is 0 Å². The molecule has 0 aliphatic rings. The van der Waals surface area contributed by atoms with Gasteiger partial charge < -0.3 is 9.47 Å². The summed E-state index contributed by atoms with van der Waals surface area (Å²) in [7, 11) is 1.26. The lowest BCUT2D eigenvalue weighted by molar-refractivity contribution is -0.137. The summed E-state index contributed by atoms with van der Waals surface area (Å²) < 4.78 is 9.70. The molecule has 4 heteroatoms. The summed E-state index contributed by atoms with van der Waals surface area (Å²) in [6.07, 6.45) is 1.69. The van der Waals surface area contributed by atoms with Gasteiger partial charge in [-0.2, -0.15) is 0 Å². The van der Waals surface area contributed by atoms with E-state index in [-0.39, 0.29) is 11.1 Å². The number of rotatable bonds is 4. The largest absolute Gasteiger partial charge is 0.466 e. The Morgan fingerprint density at radius 3 is 2.05 bits per heavy atom. The van der Waals surface area contributed by atoms with Crippen LogP contribution in [-0.4, -0.2) is 19.0 Å². The highest BCUT2D eigenvalue weighted by Gasteiger charge is 2.15. The van der Waals surface area contributed by atoms with Crippen molar-refractivity contribution in [3.05, 3.63) is 47.6 Å². The zero-order chi connectivity index (χ0) is 14.4. The molecule has 0 fully saturated rings. The molecule has 0 aromatic heterocycles. The van der Waals surface area contributed by atoms with Crippen LogP contribution in [0.4, 0.5) is 0 Å². The lowest BCUT2D eigenvalue weighted by Crippen LogP contribution is -2.14. The van der Waals surface area contributed by atoms with Gasteiger partial charge >= 0.3 is 11.9 Å². The molecule has 0 radical (unpaired) electrons. The second kappa shape index (κ2) is 6.54. The summed E-state index contributed by atoms with van der Waals surface area (Å²) in [5.41, 5.74) is 1.38. The maximum atomic E-state index is 11.8. The number of carbonyl (C=O) groups excluding carboxylic acids is 2. The van der Waals surface area contributed by atoms with E-state index in [1.54, 1.807) is 30.3 Å². The first-order valence-corrected chi connectivity index (χ1v) is 5.70. The van der Waals surface area contributed by atoms with E-state index in [0.717, 1.165) is 5.56 Å². The van der Waals surface area contributed by atoms with Crippen LogP contribution in [0.3, 0.4) is 0 Å². The van der Waals surface area contributed by atoms with E-state index < -0.39 is 11.9 Å². The molecule has 0 unspecified atom stereocenters. The average molecular weight is 260 g/mol. The molecule has 0 aliphatic heterocycles. The Bertz CT molecular complexity index is 524. The zero-order valence-electron chi connectivity index (χ0n) is 11.2. The van der Waals surface area contributed by atoms with Crippen molar-refractivity contribution in [3.8, 4) is 5.75 Å². The predicted octanol–water partition coefficient (Wildman–Crippen LogP) is 2.74. The third-order valence-corrected chi connectivity index (χ3v) is 2.69. The second-order valence-electron chi connectivity index (χ2n) is 3.90. The number of ether oxygens (including phenoxy) is 2. The Morgan fingerprint density at radius 2 is 1.58 bits per heavy atom. The molecular weight excluding hydrogens is 244 g/mol. The molecule has 0 saturated carbocycles. The van der Waals surface area contributed by atoms with Gasteiger partial charge in [0.15, 0.2) is 0 Å². The monoisotopic (exact) mass is 260 g/mol. The van der Waals surface area contributed by atoms with Crippen LogP contribution in [0.15, 0.2) is 42.0 Å². The van der Waals surface area contributed by atoms with Crippen LogP contribution in [0, 0.1) is 0 Å². The number of esters is 2. The Morgan fingerprint density at radius 1 is 1.05 bits per heavy atom. The van der Waals surface area contributed by atoms with E-state index in [1.807, 2.05) is 0 Å². The SMILES string of the molecule is C=Cc1ccc(OC(=O)/C(C)=C(/C)C(=O)OC)cc1. The third kappa shape index (κ3) is 3.81. The maximum Gasteiger partial charge on any atom is 0.339 e. The molecule has 0 atom stereocenters. The predicted molar refractivity (Wildman–Crippen MR) is 72.6 cm³/mol. The molecule has 1 aromatic rings. The molecule has 4 nitrogen and oxygen atoms in total. The fourth-order valence-corrected chi connectivity index (χ4v) is 1.31. The topological polar surface area (TPSA) is 52.6 Å². The van der Waals surface area contributed by atoms with Crippen molar-refractivity contribution in [2.45, 2.75) is 13.8 Å². The molecule has 1 rings (SSSR count). The minimum atomic E-state index is -0.575. The van der Waals surface area contributed by atoms with Gasteiger partial charge in [-0.1, -0.05) is 24.8 Å². The van der Waals surface area contributed by atoms with Crippen molar-refractivity contribution >= 4 is 18.0 Å². The highest BCUT2D eigenvalue weighted by Crippen LogP contribution is 2.15. The summed E-state index contributed by atoms with van der Waals surface area (Å²) in [5, 5.41) is 0. The van der Waals surface area contributed by atoms with E-state index in [4.69, 9.17) is 4.74 Å².